The monoisotopic (exact) mass is 282 g/mol. The van der Waals surface area contributed by atoms with E-state index < -0.39 is 4.92 Å². The van der Waals surface area contributed by atoms with E-state index in [0.29, 0.717) is 31.0 Å². The molecule has 112 valence electrons. The molecule has 0 fully saturated rings. The van der Waals surface area contributed by atoms with Crippen LogP contribution in [-0.2, 0) is 4.74 Å². The maximum atomic E-state index is 10.9. The van der Waals surface area contributed by atoms with Crippen LogP contribution in [0.5, 0.6) is 5.75 Å². The van der Waals surface area contributed by atoms with E-state index in [0.717, 1.165) is 0 Å². The van der Waals surface area contributed by atoms with E-state index in [-0.39, 0.29) is 11.3 Å². The molecule has 0 amide bonds. The predicted molar refractivity (Wildman–Crippen MR) is 78.5 cm³/mol. The molecule has 0 unspecified atom stereocenters. The van der Waals surface area contributed by atoms with Gasteiger partial charge in [-0.2, -0.15) is 0 Å². The maximum Gasteiger partial charge on any atom is 0.275 e. The van der Waals surface area contributed by atoms with E-state index in [1.807, 2.05) is 20.8 Å². The van der Waals surface area contributed by atoms with Crippen LogP contribution in [0.2, 0.25) is 0 Å². The Hall–Kier alpha value is -1.82. The Labute approximate surface area is 119 Å². The first-order valence-corrected chi connectivity index (χ1v) is 6.59. The lowest BCUT2D eigenvalue weighted by atomic mass is 10.1. The van der Waals surface area contributed by atoms with Crippen LogP contribution in [0.4, 0.5) is 11.4 Å². The Kier molecular flexibility index (Phi) is 5.76. The van der Waals surface area contributed by atoms with E-state index in [9.17, 15) is 10.1 Å². The maximum absolute atomic E-state index is 10.9. The number of anilines is 1. The Bertz CT molecular complexity index is 460. The summed E-state index contributed by atoms with van der Waals surface area (Å²) in [7, 11) is 1.65. The van der Waals surface area contributed by atoms with Gasteiger partial charge in [-0.3, -0.25) is 10.1 Å². The summed E-state index contributed by atoms with van der Waals surface area (Å²) in [6, 6.07) is 4.69. The van der Waals surface area contributed by atoms with Crippen molar-refractivity contribution in [2.45, 2.75) is 32.8 Å². The number of hydrogen-bond donors (Lipinski definition) is 1. The third-order valence-corrected chi connectivity index (χ3v) is 3.01. The summed E-state index contributed by atoms with van der Waals surface area (Å²) in [4.78, 5) is 10.5. The molecule has 6 nitrogen and oxygen atoms in total. The predicted octanol–water partition coefficient (Wildman–Crippen LogP) is 3.22. The average Bonchev–Trinajstić information content (AvgIpc) is 2.38. The van der Waals surface area contributed by atoms with Gasteiger partial charge in [0.25, 0.3) is 5.69 Å². The molecular formula is C14H22N2O4. The number of benzene rings is 1. The zero-order valence-electron chi connectivity index (χ0n) is 12.4. The number of nitrogens with one attached hydrogen (secondary N) is 1. The molecule has 0 aliphatic rings. The van der Waals surface area contributed by atoms with Gasteiger partial charge >= 0.3 is 0 Å². The minimum Gasteiger partial charge on any atom is -0.493 e. The van der Waals surface area contributed by atoms with Crippen molar-refractivity contribution >= 4 is 11.4 Å². The lowest BCUT2D eigenvalue weighted by Crippen LogP contribution is -2.25. The second-order valence-corrected chi connectivity index (χ2v) is 5.07. The topological polar surface area (TPSA) is 73.6 Å². The van der Waals surface area contributed by atoms with Gasteiger partial charge in [-0.15, -0.1) is 0 Å². The third-order valence-electron chi connectivity index (χ3n) is 3.01. The number of nitrogens with zero attached hydrogens (tertiary/aromatic N) is 1. The van der Waals surface area contributed by atoms with E-state index in [4.69, 9.17) is 9.47 Å². The molecule has 0 saturated heterocycles. The number of nitro groups is 1. The highest BCUT2D eigenvalue weighted by atomic mass is 16.6. The summed E-state index contributed by atoms with van der Waals surface area (Å²) in [6.07, 6.45) is 0.697. The number of non-ortho nitro benzene ring substituents is 1. The van der Waals surface area contributed by atoms with Crippen LogP contribution in [0, 0.1) is 10.1 Å². The molecule has 0 spiro atoms. The van der Waals surface area contributed by atoms with E-state index in [1.165, 1.54) is 12.1 Å². The van der Waals surface area contributed by atoms with Crippen molar-refractivity contribution < 1.29 is 14.4 Å². The highest BCUT2D eigenvalue weighted by Gasteiger charge is 2.17. The van der Waals surface area contributed by atoms with Gasteiger partial charge in [0.15, 0.2) is 0 Å². The third kappa shape index (κ3) is 5.05. The standard InChI is InChI=1S/C14H22N2O4/c1-5-15-11-8-12(16(17)18)10-13(9-11)20-7-6-14(2,3)19-4/h8-10,15H,5-7H2,1-4H3. The molecule has 20 heavy (non-hydrogen) atoms. The molecule has 1 rings (SSSR count). The number of hydrogen-bond acceptors (Lipinski definition) is 5. The van der Waals surface area contributed by atoms with Gasteiger partial charge in [-0.1, -0.05) is 0 Å². The first-order chi connectivity index (χ1) is 9.38. The van der Waals surface area contributed by atoms with E-state index >= 15 is 0 Å². The van der Waals surface area contributed by atoms with Crippen molar-refractivity contribution in [2.24, 2.45) is 0 Å². The molecule has 0 aromatic heterocycles. The molecule has 0 radical (unpaired) electrons. The van der Waals surface area contributed by atoms with Crippen molar-refractivity contribution in [3.05, 3.63) is 28.3 Å². The molecular weight excluding hydrogens is 260 g/mol. The zero-order chi connectivity index (χ0) is 15.2. The summed E-state index contributed by atoms with van der Waals surface area (Å²) < 4.78 is 10.9. The van der Waals surface area contributed by atoms with Crippen molar-refractivity contribution in [3.63, 3.8) is 0 Å². The Morgan fingerprint density at radius 2 is 2.05 bits per heavy atom. The summed E-state index contributed by atoms with van der Waals surface area (Å²) in [5.41, 5.74) is 0.428. The highest BCUT2D eigenvalue weighted by molar-refractivity contribution is 5.56. The number of methoxy groups -OCH3 is 1. The Morgan fingerprint density at radius 3 is 2.60 bits per heavy atom. The Balaban J connectivity index is 2.76. The normalized spacial score (nSPS) is 11.2. The molecule has 1 N–H and O–H groups in total. The number of nitro benzene ring substituents is 1. The molecule has 6 heteroatoms. The van der Waals surface area contributed by atoms with Gasteiger partial charge in [0.05, 0.1) is 23.2 Å². The SMILES string of the molecule is CCNc1cc(OCCC(C)(C)OC)cc([N+](=O)[O-])c1. The van der Waals surface area contributed by atoms with Crippen molar-refractivity contribution in [2.75, 3.05) is 25.6 Å². The van der Waals surface area contributed by atoms with Crippen molar-refractivity contribution in [1.82, 2.24) is 0 Å². The highest BCUT2D eigenvalue weighted by Crippen LogP contribution is 2.26. The largest absolute Gasteiger partial charge is 0.493 e. The second-order valence-electron chi connectivity index (χ2n) is 5.07. The summed E-state index contributed by atoms with van der Waals surface area (Å²) in [6.45, 7) is 6.99. The first kappa shape index (κ1) is 16.2. The van der Waals surface area contributed by atoms with Crippen LogP contribution < -0.4 is 10.1 Å². The van der Waals surface area contributed by atoms with E-state index in [2.05, 4.69) is 5.32 Å². The molecule has 0 bridgehead atoms. The fourth-order valence-corrected chi connectivity index (χ4v) is 1.60. The minimum atomic E-state index is -0.424. The second kappa shape index (κ2) is 7.09. The average molecular weight is 282 g/mol. The van der Waals surface area contributed by atoms with Crippen LogP contribution in [0.3, 0.4) is 0 Å². The molecule has 0 aliphatic heterocycles. The number of rotatable bonds is 8. The van der Waals surface area contributed by atoms with Gasteiger partial charge in [0.1, 0.15) is 5.75 Å². The molecule has 1 aromatic carbocycles. The van der Waals surface area contributed by atoms with Crippen molar-refractivity contribution in [1.29, 1.82) is 0 Å². The smallest absolute Gasteiger partial charge is 0.275 e. The van der Waals surface area contributed by atoms with Crippen LogP contribution in [-0.4, -0.2) is 30.8 Å². The molecule has 0 atom stereocenters. The van der Waals surface area contributed by atoms with Gasteiger partial charge in [0, 0.05) is 37.9 Å². The van der Waals surface area contributed by atoms with Crippen LogP contribution >= 0.6 is 0 Å². The fraction of sp³-hybridized carbons (Fsp3) is 0.571. The number of ether oxygens (including phenoxy) is 2. The summed E-state index contributed by atoms with van der Waals surface area (Å²) in [5, 5.41) is 13.9. The zero-order valence-corrected chi connectivity index (χ0v) is 12.4. The summed E-state index contributed by atoms with van der Waals surface area (Å²) in [5.74, 6) is 0.488. The van der Waals surface area contributed by atoms with Gasteiger partial charge < -0.3 is 14.8 Å². The van der Waals surface area contributed by atoms with Crippen LogP contribution in [0.15, 0.2) is 18.2 Å². The molecule has 0 heterocycles. The lowest BCUT2D eigenvalue weighted by molar-refractivity contribution is -0.384. The van der Waals surface area contributed by atoms with Gasteiger partial charge in [-0.05, 0) is 20.8 Å². The summed E-state index contributed by atoms with van der Waals surface area (Å²) >= 11 is 0. The Morgan fingerprint density at radius 1 is 1.35 bits per heavy atom. The molecule has 0 aliphatic carbocycles. The lowest BCUT2D eigenvalue weighted by Gasteiger charge is -2.22. The van der Waals surface area contributed by atoms with Gasteiger partial charge in [0.2, 0.25) is 0 Å². The molecule has 0 saturated carbocycles. The molecule has 1 aromatic rings. The van der Waals surface area contributed by atoms with Gasteiger partial charge in [-0.25, -0.2) is 0 Å². The van der Waals surface area contributed by atoms with Crippen LogP contribution in [0.25, 0.3) is 0 Å². The fourth-order valence-electron chi connectivity index (χ4n) is 1.60. The minimum absolute atomic E-state index is 0.0180. The van der Waals surface area contributed by atoms with Crippen LogP contribution in [0.1, 0.15) is 27.2 Å². The van der Waals surface area contributed by atoms with E-state index in [1.54, 1.807) is 13.2 Å². The first-order valence-electron chi connectivity index (χ1n) is 6.59. The quantitative estimate of drug-likeness (QED) is 0.585. The van der Waals surface area contributed by atoms with Crippen molar-refractivity contribution in [3.8, 4) is 5.75 Å².